The number of sulfonamides is 1. The van der Waals surface area contributed by atoms with E-state index in [2.05, 4.69) is 15.6 Å². The number of hydrogen-bond acceptors (Lipinski definition) is 7. The number of hydrogen-bond donors (Lipinski definition) is 3. The summed E-state index contributed by atoms with van der Waals surface area (Å²) in [6, 6.07) is 20.4. The molecule has 11 heteroatoms. The van der Waals surface area contributed by atoms with Gasteiger partial charge in [0.1, 0.15) is 5.75 Å². The van der Waals surface area contributed by atoms with Crippen LogP contribution in [0.25, 0.3) is 0 Å². The zero-order valence-electron chi connectivity index (χ0n) is 18.7. The molecule has 0 radical (unpaired) electrons. The molecule has 2 amide bonds. The van der Waals surface area contributed by atoms with E-state index in [-0.39, 0.29) is 22.6 Å². The van der Waals surface area contributed by atoms with Crippen molar-refractivity contribution in [2.75, 3.05) is 13.7 Å². The summed E-state index contributed by atoms with van der Waals surface area (Å²) in [5.41, 5.74) is 5.33. The van der Waals surface area contributed by atoms with E-state index in [0.717, 1.165) is 11.6 Å². The van der Waals surface area contributed by atoms with Crippen LogP contribution >= 0.6 is 0 Å². The van der Waals surface area contributed by atoms with Gasteiger partial charge in [0.05, 0.1) is 17.6 Å². The van der Waals surface area contributed by atoms with Gasteiger partial charge < -0.3 is 9.47 Å². The van der Waals surface area contributed by atoms with Crippen molar-refractivity contribution in [1.82, 2.24) is 15.6 Å². The number of nitrogens with one attached hydrogen (secondary N) is 3. The molecule has 182 valence electrons. The fourth-order valence-corrected chi connectivity index (χ4v) is 3.90. The molecule has 0 aliphatic rings. The van der Waals surface area contributed by atoms with Crippen molar-refractivity contribution in [3.8, 4) is 5.75 Å². The SMILES string of the molecule is COc1ccc(C(=O)NNC(=O)COC(=O)c2cccc(S(=O)(=O)NCc3ccccc3)c2)cc1. The fourth-order valence-electron chi connectivity index (χ4n) is 2.84. The van der Waals surface area contributed by atoms with Crippen molar-refractivity contribution in [2.45, 2.75) is 11.4 Å². The maximum absolute atomic E-state index is 12.6. The highest BCUT2D eigenvalue weighted by molar-refractivity contribution is 7.89. The first-order valence-corrected chi connectivity index (χ1v) is 11.8. The monoisotopic (exact) mass is 497 g/mol. The highest BCUT2D eigenvalue weighted by Crippen LogP contribution is 2.14. The van der Waals surface area contributed by atoms with Crippen LogP contribution < -0.4 is 20.3 Å². The number of esters is 1. The number of amides is 2. The third-order valence-corrected chi connectivity index (χ3v) is 6.09. The number of ether oxygens (including phenoxy) is 2. The average molecular weight is 498 g/mol. The van der Waals surface area contributed by atoms with Gasteiger partial charge in [0, 0.05) is 12.1 Å². The summed E-state index contributed by atoms with van der Waals surface area (Å²) in [5, 5.41) is 0. The third kappa shape index (κ3) is 7.39. The summed E-state index contributed by atoms with van der Waals surface area (Å²) in [4.78, 5) is 36.2. The van der Waals surface area contributed by atoms with Crippen molar-refractivity contribution >= 4 is 27.8 Å². The van der Waals surface area contributed by atoms with Crippen LogP contribution in [-0.4, -0.2) is 39.9 Å². The zero-order valence-corrected chi connectivity index (χ0v) is 19.5. The summed E-state index contributed by atoms with van der Waals surface area (Å²) in [5.74, 6) is -1.69. The van der Waals surface area contributed by atoms with Crippen LogP contribution in [0.4, 0.5) is 0 Å². The quantitative estimate of drug-likeness (QED) is 0.302. The fraction of sp³-hybridized carbons (Fsp3) is 0.125. The summed E-state index contributed by atoms with van der Waals surface area (Å²) in [6.07, 6.45) is 0. The molecule has 0 aliphatic carbocycles. The van der Waals surface area contributed by atoms with E-state index < -0.39 is 34.4 Å². The Labute approximate surface area is 202 Å². The van der Waals surface area contributed by atoms with Crippen LogP contribution in [-0.2, 0) is 26.1 Å². The second-order valence-corrected chi connectivity index (χ2v) is 8.91. The number of carbonyl (C=O) groups is 3. The van der Waals surface area contributed by atoms with E-state index in [1.165, 1.54) is 37.4 Å². The maximum Gasteiger partial charge on any atom is 0.338 e. The standard InChI is InChI=1S/C24H23N3O7S/c1-33-20-12-10-18(11-13-20)23(29)27-26-22(28)16-34-24(30)19-8-5-9-21(14-19)35(31,32)25-15-17-6-3-2-4-7-17/h2-14,25H,15-16H2,1H3,(H,26,28)(H,27,29). The molecule has 0 fully saturated rings. The summed E-state index contributed by atoms with van der Waals surface area (Å²) in [6.45, 7) is -0.606. The Kier molecular flexibility index (Phi) is 8.54. The molecular weight excluding hydrogens is 474 g/mol. The zero-order chi connectivity index (χ0) is 25.3. The molecule has 0 atom stereocenters. The van der Waals surface area contributed by atoms with Gasteiger partial charge in [0.15, 0.2) is 6.61 Å². The van der Waals surface area contributed by atoms with Crippen LogP contribution in [0, 0.1) is 0 Å². The molecular formula is C24H23N3O7S. The number of carbonyl (C=O) groups excluding carboxylic acids is 3. The van der Waals surface area contributed by atoms with Crippen molar-refractivity contribution < 1.29 is 32.3 Å². The number of methoxy groups -OCH3 is 1. The molecule has 3 aromatic carbocycles. The normalized spacial score (nSPS) is 10.8. The Bertz CT molecular complexity index is 1290. The van der Waals surface area contributed by atoms with E-state index in [9.17, 15) is 22.8 Å². The lowest BCUT2D eigenvalue weighted by molar-refractivity contribution is -0.125. The lowest BCUT2D eigenvalue weighted by Crippen LogP contribution is -2.43. The highest BCUT2D eigenvalue weighted by atomic mass is 32.2. The Morgan fingerprint density at radius 2 is 1.54 bits per heavy atom. The molecule has 3 aromatic rings. The molecule has 3 rings (SSSR count). The van der Waals surface area contributed by atoms with Crippen molar-refractivity contribution in [2.24, 2.45) is 0 Å². The van der Waals surface area contributed by atoms with Crippen LogP contribution in [0.1, 0.15) is 26.3 Å². The highest BCUT2D eigenvalue weighted by Gasteiger charge is 2.18. The van der Waals surface area contributed by atoms with Crippen molar-refractivity contribution in [3.05, 3.63) is 95.6 Å². The number of benzene rings is 3. The Balaban J connectivity index is 1.50. The minimum absolute atomic E-state index is 0.0531. The van der Waals surface area contributed by atoms with Gasteiger partial charge in [-0.3, -0.25) is 20.4 Å². The van der Waals surface area contributed by atoms with Gasteiger partial charge in [-0.05, 0) is 48.0 Å². The van der Waals surface area contributed by atoms with Crippen LogP contribution in [0.15, 0.2) is 83.8 Å². The van der Waals surface area contributed by atoms with Gasteiger partial charge in [-0.15, -0.1) is 0 Å². The Morgan fingerprint density at radius 1 is 0.829 bits per heavy atom. The first-order valence-electron chi connectivity index (χ1n) is 10.3. The van der Waals surface area contributed by atoms with Crippen molar-refractivity contribution in [3.63, 3.8) is 0 Å². The summed E-state index contributed by atoms with van der Waals surface area (Å²) in [7, 11) is -2.39. The maximum atomic E-state index is 12.6. The molecule has 35 heavy (non-hydrogen) atoms. The van der Waals surface area contributed by atoms with E-state index >= 15 is 0 Å². The van der Waals surface area contributed by atoms with E-state index in [0.29, 0.717) is 5.75 Å². The minimum atomic E-state index is -3.89. The van der Waals surface area contributed by atoms with Crippen LogP contribution in [0.2, 0.25) is 0 Å². The molecule has 3 N–H and O–H groups in total. The molecule has 0 saturated heterocycles. The first kappa shape index (κ1) is 25.4. The van der Waals surface area contributed by atoms with Gasteiger partial charge in [0.25, 0.3) is 11.8 Å². The molecule has 0 spiro atoms. The number of rotatable bonds is 9. The second kappa shape index (κ2) is 11.8. The summed E-state index contributed by atoms with van der Waals surface area (Å²) >= 11 is 0. The third-order valence-electron chi connectivity index (χ3n) is 4.69. The Morgan fingerprint density at radius 3 is 2.23 bits per heavy atom. The summed E-state index contributed by atoms with van der Waals surface area (Å²) < 4.78 is 37.5. The lowest BCUT2D eigenvalue weighted by atomic mass is 10.2. The largest absolute Gasteiger partial charge is 0.497 e. The molecule has 0 bridgehead atoms. The molecule has 10 nitrogen and oxygen atoms in total. The second-order valence-electron chi connectivity index (χ2n) is 7.14. The smallest absolute Gasteiger partial charge is 0.338 e. The van der Waals surface area contributed by atoms with Gasteiger partial charge in [-0.25, -0.2) is 17.9 Å². The predicted molar refractivity (Wildman–Crippen MR) is 126 cm³/mol. The molecule has 0 heterocycles. The van der Waals surface area contributed by atoms with E-state index in [1.54, 1.807) is 36.4 Å². The lowest BCUT2D eigenvalue weighted by Gasteiger charge is -2.10. The molecule has 0 aromatic heterocycles. The predicted octanol–water partition coefficient (Wildman–Crippen LogP) is 1.79. The van der Waals surface area contributed by atoms with Gasteiger partial charge in [-0.2, -0.15) is 0 Å². The van der Waals surface area contributed by atoms with E-state index in [4.69, 9.17) is 9.47 Å². The first-order chi connectivity index (χ1) is 16.8. The Hall–Kier alpha value is -4.22. The van der Waals surface area contributed by atoms with Crippen LogP contribution in [0.5, 0.6) is 5.75 Å². The van der Waals surface area contributed by atoms with E-state index in [1.807, 2.05) is 6.07 Å². The number of hydrazine groups is 1. The molecule has 0 unspecified atom stereocenters. The van der Waals surface area contributed by atoms with Gasteiger partial charge in [-0.1, -0.05) is 36.4 Å². The molecule has 0 saturated carbocycles. The topological polar surface area (TPSA) is 140 Å². The van der Waals surface area contributed by atoms with Gasteiger partial charge >= 0.3 is 5.97 Å². The molecule has 0 aliphatic heterocycles. The average Bonchev–Trinajstić information content (AvgIpc) is 2.90. The minimum Gasteiger partial charge on any atom is -0.497 e. The van der Waals surface area contributed by atoms with Crippen LogP contribution in [0.3, 0.4) is 0 Å². The van der Waals surface area contributed by atoms with Gasteiger partial charge in [0.2, 0.25) is 10.0 Å². The van der Waals surface area contributed by atoms with Crippen molar-refractivity contribution in [1.29, 1.82) is 0 Å².